The summed E-state index contributed by atoms with van der Waals surface area (Å²) in [5, 5.41) is 0. The molecule has 0 bridgehead atoms. The van der Waals surface area contributed by atoms with Gasteiger partial charge in [0, 0.05) is 0 Å². The molecule has 0 unspecified atom stereocenters. The molecule has 0 saturated heterocycles. The predicted molar refractivity (Wildman–Crippen MR) is 73.7 cm³/mol. The maximum atomic E-state index is 5.99. The highest BCUT2D eigenvalue weighted by Gasteiger charge is 2.23. The van der Waals surface area contributed by atoms with Crippen molar-refractivity contribution in [2.75, 3.05) is 0 Å². The van der Waals surface area contributed by atoms with E-state index in [0.29, 0.717) is 0 Å². The highest BCUT2D eigenvalue weighted by atomic mass is 16.6. The van der Waals surface area contributed by atoms with E-state index in [1.165, 1.54) is 0 Å². The lowest BCUT2D eigenvalue weighted by atomic mass is 10.1. The summed E-state index contributed by atoms with van der Waals surface area (Å²) in [4.78, 5) is 0. The molecule has 1 aliphatic rings. The number of para-hydroxylation sites is 1. The summed E-state index contributed by atoms with van der Waals surface area (Å²) in [6, 6.07) is 5.91. The molecule has 0 spiro atoms. The first kappa shape index (κ1) is 12.5. The lowest BCUT2D eigenvalue weighted by molar-refractivity contribution is 0.288. The summed E-state index contributed by atoms with van der Waals surface area (Å²) in [5.41, 5.74) is 2.17. The molecule has 18 heavy (non-hydrogen) atoms. The first-order chi connectivity index (χ1) is 8.63. The second-order valence-electron chi connectivity index (χ2n) is 4.53. The Labute approximate surface area is 108 Å². The fourth-order valence-corrected chi connectivity index (χ4v) is 1.83. The van der Waals surface area contributed by atoms with Crippen LogP contribution in [0.2, 0.25) is 0 Å². The van der Waals surface area contributed by atoms with Crippen molar-refractivity contribution in [2.45, 2.75) is 27.2 Å². The van der Waals surface area contributed by atoms with Gasteiger partial charge in [-0.15, -0.1) is 6.58 Å². The molecule has 94 valence electrons. The van der Waals surface area contributed by atoms with Crippen molar-refractivity contribution in [3.8, 4) is 11.5 Å². The maximum absolute atomic E-state index is 5.99. The largest absolute Gasteiger partial charge is 0.450 e. The molecule has 0 fully saturated rings. The van der Waals surface area contributed by atoms with Crippen molar-refractivity contribution in [2.24, 2.45) is 0 Å². The van der Waals surface area contributed by atoms with Crippen LogP contribution in [0.15, 0.2) is 54.0 Å². The Balaban J connectivity index is 2.48. The summed E-state index contributed by atoms with van der Waals surface area (Å²) in [6.07, 6.45) is 4.59. The average molecular weight is 242 g/mol. The lowest BCUT2D eigenvalue weighted by Gasteiger charge is -2.25. The van der Waals surface area contributed by atoms with E-state index in [2.05, 4.69) is 6.58 Å². The van der Waals surface area contributed by atoms with E-state index in [-0.39, 0.29) is 0 Å². The van der Waals surface area contributed by atoms with Crippen molar-refractivity contribution in [3.63, 3.8) is 0 Å². The molecule has 0 radical (unpaired) electrons. The number of rotatable bonds is 2. The van der Waals surface area contributed by atoms with Gasteiger partial charge >= 0.3 is 0 Å². The standard InChI is InChI=1S/C16H18O2/c1-5-6-9-13-15(11(2)3)18-16-12(4)8-7-10-14(16)17-13/h5,7-10H,1,6H2,2-4H3/b13-9+. The van der Waals surface area contributed by atoms with Crippen LogP contribution in [-0.4, -0.2) is 0 Å². The number of aryl methyl sites for hydroxylation is 1. The van der Waals surface area contributed by atoms with Gasteiger partial charge in [0.2, 0.25) is 0 Å². The van der Waals surface area contributed by atoms with Gasteiger partial charge in [0.1, 0.15) is 0 Å². The van der Waals surface area contributed by atoms with Gasteiger partial charge in [-0.1, -0.05) is 18.2 Å². The van der Waals surface area contributed by atoms with Crippen LogP contribution in [0.4, 0.5) is 0 Å². The highest BCUT2D eigenvalue weighted by molar-refractivity contribution is 5.52. The first-order valence-electron chi connectivity index (χ1n) is 6.07. The van der Waals surface area contributed by atoms with Crippen molar-refractivity contribution < 1.29 is 9.47 Å². The summed E-state index contributed by atoms with van der Waals surface area (Å²) in [6.45, 7) is 9.77. The van der Waals surface area contributed by atoms with Gasteiger partial charge in [-0.05, 0) is 50.5 Å². The molecule has 0 N–H and O–H groups in total. The van der Waals surface area contributed by atoms with Crippen LogP contribution in [0.5, 0.6) is 11.5 Å². The van der Waals surface area contributed by atoms with E-state index < -0.39 is 0 Å². The molecule has 0 amide bonds. The molecule has 1 aromatic rings. The SMILES string of the molecule is C=CC/C=C1/Oc2cccc(C)c2OC1=C(C)C. The predicted octanol–water partition coefficient (Wildman–Crippen LogP) is 4.52. The van der Waals surface area contributed by atoms with Crippen LogP contribution in [-0.2, 0) is 0 Å². The second kappa shape index (κ2) is 5.13. The quantitative estimate of drug-likeness (QED) is 0.710. The van der Waals surface area contributed by atoms with Crippen LogP contribution < -0.4 is 9.47 Å². The first-order valence-corrected chi connectivity index (χ1v) is 6.07. The van der Waals surface area contributed by atoms with Gasteiger partial charge in [0.25, 0.3) is 0 Å². The second-order valence-corrected chi connectivity index (χ2v) is 4.53. The minimum atomic E-state index is 0.761. The molecule has 1 aliphatic heterocycles. The molecule has 0 aromatic heterocycles. The highest BCUT2D eigenvalue weighted by Crippen LogP contribution is 2.40. The summed E-state index contributed by atoms with van der Waals surface area (Å²) < 4.78 is 11.9. The Morgan fingerprint density at radius 3 is 2.72 bits per heavy atom. The number of ether oxygens (including phenoxy) is 2. The number of benzene rings is 1. The number of hydrogen-bond donors (Lipinski definition) is 0. The van der Waals surface area contributed by atoms with Crippen molar-refractivity contribution in [1.29, 1.82) is 0 Å². The van der Waals surface area contributed by atoms with Gasteiger partial charge in [-0.25, -0.2) is 0 Å². The summed E-state index contributed by atoms with van der Waals surface area (Å²) in [5.74, 6) is 3.16. The molecule has 2 rings (SSSR count). The van der Waals surface area contributed by atoms with Crippen LogP contribution >= 0.6 is 0 Å². The molecule has 1 heterocycles. The van der Waals surface area contributed by atoms with E-state index in [9.17, 15) is 0 Å². The van der Waals surface area contributed by atoms with E-state index in [0.717, 1.165) is 40.6 Å². The monoisotopic (exact) mass is 242 g/mol. The topological polar surface area (TPSA) is 18.5 Å². The van der Waals surface area contributed by atoms with Crippen molar-refractivity contribution >= 4 is 0 Å². The molecular formula is C16H18O2. The van der Waals surface area contributed by atoms with E-state index in [1.54, 1.807) is 0 Å². The van der Waals surface area contributed by atoms with Crippen LogP contribution in [0.1, 0.15) is 25.8 Å². The fourth-order valence-electron chi connectivity index (χ4n) is 1.83. The Hall–Kier alpha value is -1.96. The van der Waals surface area contributed by atoms with Gasteiger partial charge in [-0.2, -0.15) is 0 Å². The van der Waals surface area contributed by atoms with Gasteiger partial charge in [0.05, 0.1) is 0 Å². The van der Waals surface area contributed by atoms with Crippen molar-refractivity contribution in [3.05, 3.63) is 59.6 Å². The molecule has 0 atom stereocenters. The van der Waals surface area contributed by atoms with E-state index >= 15 is 0 Å². The molecule has 0 saturated carbocycles. The summed E-state index contributed by atoms with van der Waals surface area (Å²) >= 11 is 0. The van der Waals surface area contributed by atoms with Crippen LogP contribution in [0, 0.1) is 6.92 Å². The number of allylic oxidation sites excluding steroid dienone is 3. The molecule has 0 aliphatic carbocycles. The Kier molecular flexibility index (Phi) is 3.56. The van der Waals surface area contributed by atoms with Gasteiger partial charge < -0.3 is 9.47 Å². The Bertz CT molecular complexity index is 532. The third kappa shape index (κ3) is 2.33. The lowest BCUT2D eigenvalue weighted by Crippen LogP contribution is -2.14. The zero-order chi connectivity index (χ0) is 13.1. The van der Waals surface area contributed by atoms with Crippen LogP contribution in [0.3, 0.4) is 0 Å². The fraction of sp³-hybridized carbons (Fsp3) is 0.250. The minimum Gasteiger partial charge on any atom is -0.450 e. The maximum Gasteiger partial charge on any atom is 0.173 e. The molecule has 2 nitrogen and oxygen atoms in total. The number of fused-ring (bicyclic) bond motifs is 1. The van der Waals surface area contributed by atoms with Gasteiger partial charge in [-0.3, -0.25) is 0 Å². The van der Waals surface area contributed by atoms with Crippen LogP contribution in [0.25, 0.3) is 0 Å². The Morgan fingerprint density at radius 1 is 1.28 bits per heavy atom. The molecule has 1 aromatic carbocycles. The molecular weight excluding hydrogens is 224 g/mol. The van der Waals surface area contributed by atoms with E-state index in [4.69, 9.17) is 9.47 Å². The minimum absolute atomic E-state index is 0.761. The number of hydrogen-bond acceptors (Lipinski definition) is 2. The zero-order valence-corrected chi connectivity index (χ0v) is 11.1. The third-order valence-corrected chi connectivity index (χ3v) is 2.75. The normalized spacial score (nSPS) is 15.7. The van der Waals surface area contributed by atoms with Gasteiger partial charge in [0.15, 0.2) is 23.0 Å². The third-order valence-electron chi connectivity index (χ3n) is 2.75. The smallest absolute Gasteiger partial charge is 0.173 e. The summed E-state index contributed by atoms with van der Waals surface area (Å²) in [7, 11) is 0. The molecule has 2 heteroatoms. The zero-order valence-electron chi connectivity index (χ0n) is 11.1. The Morgan fingerprint density at radius 2 is 2.06 bits per heavy atom. The van der Waals surface area contributed by atoms with E-state index in [1.807, 2.05) is 51.1 Å². The van der Waals surface area contributed by atoms with Crippen molar-refractivity contribution in [1.82, 2.24) is 0 Å². The average Bonchev–Trinajstić information content (AvgIpc) is 2.35.